The van der Waals surface area contributed by atoms with E-state index in [0.717, 1.165) is 0 Å². The second kappa shape index (κ2) is 5.78. The van der Waals surface area contributed by atoms with E-state index in [0.29, 0.717) is 0 Å². The molecule has 2 atom stereocenters. The number of hydrogen-bond donors (Lipinski definition) is 1. The molecule has 80 valence electrons. The smallest absolute Gasteiger partial charge is 0.162 e. The van der Waals surface area contributed by atoms with E-state index in [-0.39, 0.29) is 12.2 Å². The zero-order chi connectivity index (χ0) is 11.2. The van der Waals surface area contributed by atoms with Crippen LogP contribution in [0.3, 0.4) is 0 Å². The van der Waals surface area contributed by atoms with Gasteiger partial charge in [0.2, 0.25) is 0 Å². The molecule has 0 saturated heterocycles. The van der Waals surface area contributed by atoms with Crippen LogP contribution in [0.2, 0.25) is 0 Å². The Morgan fingerprint density at radius 2 is 1.79 bits per heavy atom. The van der Waals surface area contributed by atoms with Crippen molar-refractivity contribution in [2.24, 2.45) is 0 Å². The molecule has 4 heteroatoms. The van der Waals surface area contributed by atoms with Gasteiger partial charge in [0, 0.05) is 0 Å². The molecule has 2 unspecified atom stereocenters. The lowest BCUT2D eigenvalue weighted by Crippen LogP contribution is -2.33. The summed E-state index contributed by atoms with van der Waals surface area (Å²) in [7, 11) is -3.38. The molecular formula is C10H16O3S. The van der Waals surface area contributed by atoms with E-state index in [1.165, 1.54) is 18.2 Å². The molecule has 14 heavy (non-hydrogen) atoms. The summed E-state index contributed by atoms with van der Waals surface area (Å²) in [5.41, 5.74) is 0. The molecule has 0 aliphatic heterocycles. The van der Waals surface area contributed by atoms with Gasteiger partial charge in [0.05, 0.1) is 11.9 Å². The van der Waals surface area contributed by atoms with Crippen molar-refractivity contribution in [2.75, 3.05) is 5.75 Å². The molecule has 1 N–H and O–H groups in total. The second-order valence-electron chi connectivity index (χ2n) is 2.91. The van der Waals surface area contributed by atoms with Gasteiger partial charge >= 0.3 is 0 Å². The highest BCUT2D eigenvalue weighted by Crippen LogP contribution is 2.12. The largest absolute Gasteiger partial charge is 0.391 e. The molecule has 3 nitrogen and oxygen atoms in total. The highest BCUT2D eigenvalue weighted by atomic mass is 32.2. The molecular weight excluding hydrogens is 200 g/mol. The van der Waals surface area contributed by atoms with Crippen LogP contribution in [0.25, 0.3) is 0 Å². The van der Waals surface area contributed by atoms with Crippen molar-refractivity contribution in [2.45, 2.75) is 17.8 Å². The van der Waals surface area contributed by atoms with E-state index >= 15 is 0 Å². The quantitative estimate of drug-likeness (QED) is 0.648. The lowest BCUT2D eigenvalue weighted by Gasteiger charge is -2.17. The number of hydrogen-bond acceptors (Lipinski definition) is 3. The predicted octanol–water partition coefficient (Wildman–Crippen LogP) is 1.08. The molecule has 0 aromatic carbocycles. The van der Waals surface area contributed by atoms with Gasteiger partial charge in [-0.3, -0.25) is 0 Å². The fourth-order valence-electron chi connectivity index (χ4n) is 1.12. The Morgan fingerprint density at radius 3 is 2.14 bits per heavy atom. The molecule has 0 heterocycles. The SMILES string of the molecule is C=CCC(O)C(C=C)S(=O)(=O)CC=C. The van der Waals surface area contributed by atoms with Gasteiger partial charge in [-0.25, -0.2) is 8.42 Å². The first-order valence-electron chi connectivity index (χ1n) is 4.23. The molecule has 0 aliphatic carbocycles. The van der Waals surface area contributed by atoms with Crippen LogP contribution < -0.4 is 0 Å². The van der Waals surface area contributed by atoms with Crippen molar-refractivity contribution in [3.8, 4) is 0 Å². The van der Waals surface area contributed by atoms with Crippen LogP contribution in [0.1, 0.15) is 6.42 Å². The van der Waals surface area contributed by atoms with Crippen molar-refractivity contribution < 1.29 is 13.5 Å². The van der Waals surface area contributed by atoms with Crippen molar-refractivity contribution in [3.05, 3.63) is 38.0 Å². The average molecular weight is 216 g/mol. The monoisotopic (exact) mass is 216 g/mol. The van der Waals surface area contributed by atoms with Gasteiger partial charge in [-0.05, 0) is 6.42 Å². The Morgan fingerprint density at radius 1 is 1.21 bits per heavy atom. The van der Waals surface area contributed by atoms with Gasteiger partial charge < -0.3 is 5.11 Å². The molecule has 0 radical (unpaired) electrons. The molecule has 0 spiro atoms. The minimum absolute atomic E-state index is 0.155. The summed E-state index contributed by atoms with van der Waals surface area (Å²) in [6.07, 6.45) is 3.27. The molecule has 0 aromatic rings. The van der Waals surface area contributed by atoms with Crippen LogP contribution in [-0.4, -0.2) is 30.6 Å². The maximum atomic E-state index is 11.5. The number of aliphatic hydroxyl groups is 1. The first-order chi connectivity index (χ1) is 6.49. The van der Waals surface area contributed by atoms with E-state index in [9.17, 15) is 13.5 Å². The van der Waals surface area contributed by atoms with Crippen LogP contribution in [-0.2, 0) is 9.84 Å². The molecule has 0 aromatic heterocycles. The zero-order valence-corrected chi connectivity index (χ0v) is 8.91. The number of sulfone groups is 1. The average Bonchev–Trinajstić information content (AvgIpc) is 2.04. The van der Waals surface area contributed by atoms with E-state index in [2.05, 4.69) is 19.7 Å². The van der Waals surface area contributed by atoms with Gasteiger partial charge in [0.25, 0.3) is 0 Å². The summed E-state index contributed by atoms with van der Waals surface area (Å²) in [4.78, 5) is 0. The maximum absolute atomic E-state index is 11.5. The Kier molecular flexibility index (Phi) is 5.42. The number of rotatable bonds is 7. The molecule has 0 rings (SSSR count). The zero-order valence-electron chi connectivity index (χ0n) is 8.09. The van der Waals surface area contributed by atoms with E-state index in [1.54, 1.807) is 0 Å². The third-order valence-corrected chi connectivity index (χ3v) is 3.82. The Bertz CT molecular complexity index is 303. The summed E-state index contributed by atoms with van der Waals surface area (Å²) in [6, 6.07) is 0. The van der Waals surface area contributed by atoms with Crippen LogP contribution in [0.4, 0.5) is 0 Å². The third-order valence-electron chi connectivity index (χ3n) is 1.78. The fourth-order valence-corrected chi connectivity index (χ4v) is 2.56. The molecule has 0 aliphatic rings. The summed E-state index contributed by atoms with van der Waals surface area (Å²) in [6.45, 7) is 10.2. The van der Waals surface area contributed by atoms with Gasteiger partial charge in [-0.2, -0.15) is 0 Å². The van der Waals surface area contributed by atoms with Gasteiger partial charge in [0.1, 0.15) is 5.25 Å². The normalized spacial score (nSPS) is 15.5. The highest BCUT2D eigenvalue weighted by Gasteiger charge is 2.27. The maximum Gasteiger partial charge on any atom is 0.162 e. The fraction of sp³-hybridized carbons (Fsp3) is 0.400. The standard InChI is InChI=1S/C10H16O3S/c1-4-7-9(11)10(6-3)14(12,13)8-5-2/h4-6,9-11H,1-3,7-8H2. The van der Waals surface area contributed by atoms with E-state index in [1.807, 2.05) is 0 Å². The van der Waals surface area contributed by atoms with Crippen LogP contribution in [0.15, 0.2) is 38.0 Å². The summed E-state index contributed by atoms with van der Waals surface area (Å²) in [5, 5.41) is 8.57. The Hall–Kier alpha value is -0.870. The van der Waals surface area contributed by atoms with Crippen LogP contribution in [0.5, 0.6) is 0 Å². The van der Waals surface area contributed by atoms with Crippen LogP contribution in [0, 0.1) is 0 Å². The topological polar surface area (TPSA) is 54.4 Å². The van der Waals surface area contributed by atoms with Crippen molar-refractivity contribution >= 4 is 9.84 Å². The van der Waals surface area contributed by atoms with Crippen molar-refractivity contribution in [3.63, 3.8) is 0 Å². The second-order valence-corrected chi connectivity index (χ2v) is 5.11. The Balaban J connectivity index is 4.78. The Labute approximate surface area is 85.4 Å². The number of aliphatic hydroxyl groups excluding tert-OH is 1. The van der Waals surface area contributed by atoms with Crippen LogP contribution >= 0.6 is 0 Å². The highest BCUT2D eigenvalue weighted by molar-refractivity contribution is 7.92. The van der Waals surface area contributed by atoms with Gasteiger partial charge in [-0.1, -0.05) is 18.2 Å². The summed E-state index contributed by atoms with van der Waals surface area (Å²) in [5.74, 6) is -0.155. The van der Waals surface area contributed by atoms with Gasteiger partial charge in [-0.15, -0.1) is 19.7 Å². The molecule has 0 fully saturated rings. The van der Waals surface area contributed by atoms with Gasteiger partial charge in [0.15, 0.2) is 9.84 Å². The molecule has 0 saturated carbocycles. The van der Waals surface area contributed by atoms with E-state index in [4.69, 9.17) is 0 Å². The summed E-state index contributed by atoms with van der Waals surface area (Å²) < 4.78 is 23.1. The van der Waals surface area contributed by atoms with Crippen molar-refractivity contribution in [1.82, 2.24) is 0 Å². The predicted molar refractivity (Wildman–Crippen MR) is 58.8 cm³/mol. The first kappa shape index (κ1) is 13.1. The lowest BCUT2D eigenvalue weighted by atomic mass is 10.2. The van der Waals surface area contributed by atoms with E-state index < -0.39 is 21.2 Å². The molecule has 0 bridgehead atoms. The minimum Gasteiger partial charge on any atom is -0.391 e. The lowest BCUT2D eigenvalue weighted by molar-refractivity contribution is 0.183. The summed E-state index contributed by atoms with van der Waals surface area (Å²) >= 11 is 0. The first-order valence-corrected chi connectivity index (χ1v) is 5.95. The minimum atomic E-state index is -3.38. The third kappa shape index (κ3) is 3.47. The van der Waals surface area contributed by atoms with Crippen molar-refractivity contribution in [1.29, 1.82) is 0 Å². The molecule has 0 amide bonds.